The predicted octanol–water partition coefficient (Wildman–Crippen LogP) is 1.16. The van der Waals surface area contributed by atoms with Crippen molar-refractivity contribution in [2.45, 2.75) is 45.8 Å². The average Bonchev–Trinajstić information content (AvgIpc) is 1.85. The maximum Gasteiger partial charge on any atom is 0.0801 e. The van der Waals surface area contributed by atoms with E-state index in [1.807, 2.05) is 20.8 Å². The molecule has 0 fully saturated rings. The van der Waals surface area contributed by atoms with Gasteiger partial charge in [0.15, 0.2) is 0 Å². The van der Waals surface area contributed by atoms with E-state index in [1.165, 1.54) is 0 Å². The highest BCUT2D eigenvalue weighted by atomic mass is 16.3. The largest absolute Gasteiger partial charge is 0.390 e. The lowest BCUT2D eigenvalue weighted by Gasteiger charge is -2.17. The molecule has 2 nitrogen and oxygen atoms in total. The molecular weight excluding hydrogens is 128 g/mol. The second-order valence-electron chi connectivity index (χ2n) is 3.17. The van der Waals surface area contributed by atoms with Crippen LogP contribution in [0.5, 0.6) is 0 Å². The fourth-order valence-corrected chi connectivity index (χ4v) is 0.912. The lowest BCUT2D eigenvalue weighted by molar-refractivity contribution is 0.00588. The Balaban J connectivity index is 3.50. The Morgan fingerprint density at radius 3 is 1.90 bits per heavy atom. The normalized spacial score (nSPS) is 17.4. The summed E-state index contributed by atoms with van der Waals surface area (Å²) in [6.45, 7) is 5.94. The zero-order valence-corrected chi connectivity index (χ0v) is 7.04. The van der Waals surface area contributed by atoms with Crippen LogP contribution in [0.15, 0.2) is 0 Å². The molecule has 0 aromatic heterocycles. The molecule has 0 amide bonds. The standard InChI is InChI=1S/C8H18O2/c1-4-7(9)8(10)5-6(2)3/h6-10H,4-5H2,1-3H3/t7-,8+/m1/s1. The first-order valence-electron chi connectivity index (χ1n) is 3.94. The molecule has 2 N–H and O–H groups in total. The van der Waals surface area contributed by atoms with Crippen molar-refractivity contribution in [2.24, 2.45) is 5.92 Å². The lowest BCUT2D eigenvalue weighted by Crippen LogP contribution is -2.26. The molecule has 0 aliphatic rings. The number of hydrogen-bond acceptors (Lipinski definition) is 2. The van der Waals surface area contributed by atoms with Crippen LogP contribution in [0.2, 0.25) is 0 Å². The highest BCUT2D eigenvalue weighted by Gasteiger charge is 2.14. The van der Waals surface area contributed by atoms with Crippen molar-refractivity contribution >= 4 is 0 Å². The molecule has 2 atom stereocenters. The number of aliphatic hydroxyl groups is 2. The van der Waals surface area contributed by atoms with Crippen molar-refractivity contribution in [1.82, 2.24) is 0 Å². The molecule has 62 valence electrons. The van der Waals surface area contributed by atoms with Gasteiger partial charge >= 0.3 is 0 Å². The van der Waals surface area contributed by atoms with Crippen LogP contribution in [0.4, 0.5) is 0 Å². The minimum atomic E-state index is -0.539. The van der Waals surface area contributed by atoms with Crippen LogP contribution in [-0.2, 0) is 0 Å². The Labute approximate surface area is 62.9 Å². The van der Waals surface area contributed by atoms with E-state index in [4.69, 9.17) is 5.11 Å². The van der Waals surface area contributed by atoms with Crippen LogP contribution in [0.3, 0.4) is 0 Å². The lowest BCUT2D eigenvalue weighted by atomic mass is 10.0. The number of rotatable bonds is 4. The summed E-state index contributed by atoms with van der Waals surface area (Å²) >= 11 is 0. The summed E-state index contributed by atoms with van der Waals surface area (Å²) in [6.07, 6.45) is 0.246. The van der Waals surface area contributed by atoms with Crippen LogP contribution < -0.4 is 0 Å². The van der Waals surface area contributed by atoms with Crippen molar-refractivity contribution in [3.05, 3.63) is 0 Å². The highest BCUT2D eigenvalue weighted by molar-refractivity contribution is 4.66. The zero-order chi connectivity index (χ0) is 8.15. The first kappa shape index (κ1) is 9.92. The summed E-state index contributed by atoms with van der Waals surface area (Å²) in [7, 11) is 0. The Kier molecular flexibility index (Phi) is 4.65. The molecule has 2 heteroatoms. The van der Waals surface area contributed by atoms with Crippen LogP contribution in [0.1, 0.15) is 33.6 Å². The summed E-state index contributed by atoms with van der Waals surface area (Å²) in [6, 6.07) is 0. The smallest absolute Gasteiger partial charge is 0.0801 e. The summed E-state index contributed by atoms with van der Waals surface area (Å²) in [5.74, 6) is 0.455. The quantitative estimate of drug-likeness (QED) is 0.625. The first-order chi connectivity index (χ1) is 4.57. The van der Waals surface area contributed by atoms with E-state index in [0.717, 1.165) is 0 Å². The summed E-state index contributed by atoms with van der Waals surface area (Å²) in [5, 5.41) is 18.4. The number of hydrogen-bond donors (Lipinski definition) is 2. The third kappa shape index (κ3) is 3.85. The molecule has 10 heavy (non-hydrogen) atoms. The molecule has 0 heterocycles. The van der Waals surface area contributed by atoms with Gasteiger partial charge < -0.3 is 10.2 Å². The van der Waals surface area contributed by atoms with Gasteiger partial charge in [0.1, 0.15) is 0 Å². The van der Waals surface area contributed by atoms with E-state index in [9.17, 15) is 5.11 Å². The molecule has 0 aromatic rings. The Bertz CT molecular complexity index is 81.3. The van der Waals surface area contributed by atoms with Crippen molar-refractivity contribution < 1.29 is 10.2 Å². The minimum absolute atomic E-state index is 0.455. The van der Waals surface area contributed by atoms with E-state index in [-0.39, 0.29) is 0 Å². The topological polar surface area (TPSA) is 40.5 Å². The monoisotopic (exact) mass is 146 g/mol. The third-order valence-electron chi connectivity index (χ3n) is 1.58. The molecule has 0 bridgehead atoms. The third-order valence-corrected chi connectivity index (χ3v) is 1.58. The molecule has 0 saturated heterocycles. The molecule has 0 unspecified atom stereocenters. The van der Waals surface area contributed by atoms with Gasteiger partial charge in [0.25, 0.3) is 0 Å². The van der Waals surface area contributed by atoms with E-state index in [1.54, 1.807) is 0 Å². The van der Waals surface area contributed by atoms with Gasteiger partial charge in [-0.2, -0.15) is 0 Å². The van der Waals surface area contributed by atoms with Crippen molar-refractivity contribution in [3.8, 4) is 0 Å². The average molecular weight is 146 g/mol. The Hall–Kier alpha value is -0.0800. The fourth-order valence-electron chi connectivity index (χ4n) is 0.912. The predicted molar refractivity (Wildman–Crippen MR) is 41.8 cm³/mol. The second-order valence-corrected chi connectivity index (χ2v) is 3.17. The Morgan fingerprint density at radius 2 is 1.60 bits per heavy atom. The summed E-state index contributed by atoms with van der Waals surface area (Å²) < 4.78 is 0. The van der Waals surface area contributed by atoms with Gasteiger partial charge in [-0.3, -0.25) is 0 Å². The van der Waals surface area contributed by atoms with Crippen LogP contribution in [0, 0.1) is 5.92 Å². The molecule has 0 aromatic carbocycles. The van der Waals surface area contributed by atoms with Gasteiger partial charge in [0, 0.05) is 0 Å². The van der Waals surface area contributed by atoms with Gasteiger partial charge in [-0.15, -0.1) is 0 Å². The molecule has 0 saturated carbocycles. The molecular formula is C8H18O2. The van der Waals surface area contributed by atoms with E-state index < -0.39 is 12.2 Å². The van der Waals surface area contributed by atoms with Crippen LogP contribution in [-0.4, -0.2) is 22.4 Å². The van der Waals surface area contributed by atoms with E-state index in [0.29, 0.717) is 18.8 Å². The fraction of sp³-hybridized carbons (Fsp3) is 1.00. The van der Waals surface area contributed by atoms with Gasteiger partial charge in [-0.1, -0.05) is 20.8 Å². The van der Waals surface area contributed by atoms with Gasteiger partial charge in [-0.25, -0.2) is 0 Å². The van der Waals surface area contributed by atoms with Crippen molar-refractivity contribution in [3.63, 3.8) is 0 Å². The van der Waals surface area contributed by atoms with Crippen LogP contribution >= 0.6 is 0 Å². The SMILES string of the molecule is CC[C@@H](O)[C@@H](O)CC(C)C. The maximum absolute atomic E-state index is 9.24. The van der Waals surface area contributed by atoms with Gasteiger partial charge in [0.05, 0.1) is 12.2 Å². The first-order valence-corrected chi connectivity index (χ1v) is 3.94. The zero-order valence-electron chi connectivity index (χ0n) is 7.04. The van der Waals surface area contributed by atoms with Crippen molar-refractivity contribution in [1.29, 1.82) is 0 Å². The van der Waals surface area contributed by atoms with Gasteiger partial charge in [0.2, 0.25) is 0 Å². The number of aliphatic hydroxyl groups excluding tert-OH is 2. The van der Waals surface area contributed by atoms with Crippen LogP contribution in [0.25, 0.3) is 0 Å². The van der Waals surface area contributed by atoms with E-state index in [2.05, 4.69) is 0 Å². The molecule has 0 radical (unpaired) electrons. The molecule has 0 spiro atoms. The summed E-state index contributed by atoms with van der Waals surface area (Å²) in [4.78, 5) is 0. The van der Waals surface area contributed by atoms with Gasteiger partial charge in [-0.05, 0) is 18.8 Å². The molecule has 0 rings (SSSR count). The Morgan fingerprint density at radius 1 is 1.10 bits per heavy atom. The minimum Gasteiger partial charge on any atom is -0.390 e. The molecule has 0 aliphatic carbocycles. The molecule has 0 aliphatic heterocycles. The van der Waals surface area contributed by atoms with E-state index >= 15 is 0 Å². The second kappa shape index (κ2) is 4.69. The summed E-state index contributed by atoms with van der Waals surface area (Å²) in [5.41, 5.74) is 0. The maximum atomic E-state index is 9.24. The van der Waals surface area contributed by atoms with Crippen molar-refractivity contribution in [2.75, 3.05) is 0 Å². The highest BCUT2D eigenvalue weighted by Crippen LogP contribution is 2.09.